The minimum Gasteiger partial charge on any atom is -0.495 e. The minimum absolute atomic E-state index is 0.0948. The Morgan fingerprint density at radius 1 is 1.00 bits per heavy atom. The zero-order valence-corrected chi connectivity index (χ0v) is 22.3. The van der Waals surface area contributed by atoms with Crippen LogP contribution in [0.15, 0.2) is 76.5 Å². The molecule has 9 heteroatoms. The van der Waals surface area contributed by atoms with Crippen molar-refractivity contribution in [3.8, 4) is 5.75 Å². The molecule has 0 fully saturated rings. The molecule has 1 N–H and O–H groups in total. The number of nitrogens with one attached hydrogen (secondary N) is 1. The normalized spacial score (nSPS) is 11.2. The molecule has 3 aromatic rings. The Hall–Kier alpha value is -2.68. The van der Waals surface area contributed by atoms with Gasteiger partial charge < -0.3 is 10.1 Å². The number of ether oxygens (including phenoxy) is 1. The lowest BCUT2D eigenvalue weighted by molar-refractivity contribution is -0.119. The molecule has 0 aliphatic carbocycles. The van der Waals surface area contributed by atoms with Crippen LogP contribution in [0, 0.1) is 13.8 Å². The Morgan fingerprint density at radius 2 is 1.63 bits per heavy atom. The van der Waals surface area contributed by atoms with Gasteiger partial charge >= 0.3 is 0 Å². The first-order valence-corrected chi connectivity index (χ1v) is 13.9. The molecule has 0 radical (unpaired) electrons. The number of carbonyl (C=O) groups is 1. The molecule has 6 nitrogen and oxygen atoms in total. The molecule has 0 unspecified atom stereocenters. The number of hydrogen-bond donors (Lipinski definition) is 1. The molecule has 0 bridgehead atoms. The maximum absolute atomic E-state index is 13.5. The van der Waals surface area contributed by atoms with Gasteiger partial charge in [0.2, 0.25) is 5.91 Å². The van der Waals surface area contributed by atoms with E-state index in [0.29, 0.717) is 12.3 Å². The minimum atomic E-state index is -4.01. The van der Waals surface area contributed by atoms with Crippen LogP contribution in [-0.2, 0) is 14.8 Å². The second kappa shape index (κ2) is 12.3. The van der Waals surface area contributed by atoms with Crippen molar-refractivity contribution in [1.29, 1.82) is 0 Å². The van der Waals surface area contributed by atoms with Gasteiger partial charge in [-0.25, -0.2) is 8.42 Å². The molecule has 0 aliphatic heterocycles. The lowest BCUT2D eigenvalue weighted by atomic mass is 10.2. The molecule has 3 aromatic carbocycles. The summed E-state index contributed by atoms with van der Waals surface area (Å²) in [5.41, 5.74) is 2.43. The highest BCUT2D eigenvalue weighted by atomic mass is 35.5. The Labute approximate surface area is 216 Å². The predicted octanol–water partition coefficient (Wildman–Crippen LogP) is 5.46. The molecule has 1 amide bonds. The fourth-order valence-electron chi connectivity index (χ4n) is 3.27. The van der Waals surface area contributed by atoms with E-state index in [4.69, 9.17) is 16.3 Å². The van der Waals surface area contributed by atoms with Crippen molar-refractivity contribution in [3.63, 3.8) is 0 Å². The Bertz CT molecular complexity index is 1250. The summed E-state index contributed by atoms with van der Waals surface area (Å²) in [5.74, 6) is 0.856. The molecule has 0 heterocycles. The molecular weight excluding hydrogens is 504 g/mol. The van der Waals surface area contributed by atoms with Gasteiger partial charge in [0.25, 0.3) is 10.0 Å². The average Bonchev–Trinajstić information content (AvgIpc) is 2.83. The summed E-state index contributed by atoms with van der Waals surface area (Å²) in [5, 5.41) is 3.08. The van der Waals surface area contributed by atoms with E-state index in [1.165, 1.54) is 35.8 Å². The molecule has 35 heavy (non-hydrogen) atoms. The number of benzene rings is 3. The lowest BCUT2D eigenvalue weighted by Crippen LogP contribution is -2.41. The van der Waals surface area contributed by atoms with Crippen molar-refractivity contribution in [2.24, 2.45) is 0 Å². The van der Waals surface area contributed by atoms with Crippen molar-refractivity contribution in [2.75, 3.05) is 30.3 Å². The van der Waals surface area contributed by atoms with Gasteiger partial charge in [-0.05, 0) is 68.5 Å². The van der Waals surface area contributed by atoms with E-state index < -0.39 is 15.9 Å². The number of amides is 1. The Kier molecular flexibility index (Phi) is 9.48. The van der Waals surface area contributed by atoms with E-state index in [1.807, 2.05) is 13.8 Å². The van der Waals surface area contributed by atoms with Gasteiger partial charge in [-0.2, -0.15) is 0 Å². The number of hydrogen-bond acceptors (Lipinski definition) is 5. The van der Waals surface area contributed by atoms with Gasteiger partial charge in [-0.3, -0.25) is 9.10 Å². The second-order valence-electron chi connectivity index (χ2n) is 8.01. The molecule has 0 aromatic heterocycles. The molecule has 0 aliphatic rings. The van der Waals surface area contributed by atoms with Crippen LogP contribution in [0.3, 0.4) is 0 Å². The van der Waals surface area contributed by atoms with Gasteiger partial charge in [-0.15, -0.1) is 11.8 Å². The summed E-state index contributed by atoms with van der Waals surface area (Å²) in [6.45, 7) is 4.00. The Balaban J connectivity index is 1.69. The summed E-state index contributed by atoms with van der Waals surface area (Å²) in [7, 11) is -2.53. The zero-order valence-electron chi connectivity index (χ0n) is 20.0. The van der Waals surface area contributed by atoms with Crippen LogP contribution in [0.2, 0.25) is 5.02 Å². The van der Waals surface area contributed by atoms with Gasteiger partial charge in [0.05, 0.1) is 22.7 Å². The molecule has 0 atom stereocenters. The summed E-state index contributed by atoms with van der Waals surface area (Å²) in [4.78, 5) is 14.0. The van der Waals surface area contributed by atoms with Crippen LogP contribution in [0.5, 0.6) is 5.75 Å². The van der Waals surface area contributed by atoms with Crippen LogP contribution in [0.25, 0.3) is 0 Å². The van der Waals surface area contributed by atoms with E-state index in [-0.39, 0.29) is 22.2 Å². The van der Waals surface area contributed by atoms with Crippen LogP contribution in [-0.4, -0.2) is 40.3 Å². The van der Waals surface area contributed by atoms with Crippen molar-refractivity contribution in [1.82, 2.24) is 5.32 Å². The number of carbonyl (C=O) groups excluding carboxylic acids is 1. The first kappa shape index (κ1) is 26.9. The first-order valence-electron chi connectivity index (χ1n) is 11.1. The average molecular weight is 533 g/mol. The van der Waals surface area contributed by atoms with Crippen molar-refractivity contribution in [2.45, 2.75) is 30.1 Å². The van der Waals surface area contributed by atoms with Gasteiger partial charge in [0.1, 0.15) is 12.3 Å². The van der Waals surface area contributed by atoms with Crippen LogP contribution in [0.1, 0.15) is 17.5 Å². The number of anilines is 1. The topological polar surface area (TPSA) is 75.7 Å². The van der Waals surface area contributed by atoms with Crippen LogP contribution in [0.4, 0.5) is 5.69 Å². The van der Waals surface area contributed by atoms with Crippen LogP contribution >= 0.6 is 23.4 Å². The number of thioether (sulfide) groups is 1. The maximum Gasteiger partial charge on any atom is 0.264 e. The number of nitrogens with zero attached hydrogens (tertiary/aromatic N) is 1. The molecule has 0 saturated heterocycles. The fraction of sp³-hybridized carbons (Fsp3) is 0.269. The third kappa shape index (κ3) is 7.40. The second-order valence-corrected chi connectivity index (χ2v) is 11.4. The summed E-state index contributed by atoms with van der Waals surface area (Å²) >= 11 is 7.97. The SMILES string of the molecule is COc1ccc(N(CC(=O)NCCCSc2ccc(C)cc2)S(=O)(=O)c2ccc(C)cc2)cc1Cl. The van der Waals surface area contributed by atoms with Gasteiger partial charge in [0.15, 0.2) is 0 Å². The van der Waals surface area contributed by atoms with Crippen LogP contribution < -0.4 is 14.4 Å². The van der Waals surface area contributed by atoms with E-state index in [9.17, 15) is 13.2 Å². The predicted molar refractivity (Wildman–Crippen MR) is 143 cm³/mol. The van der Waals surface area contributed by atoms with Crippen molar-refractivity contribution in [3.05, 3.63) is 82.9 Å². The third-order valence-corrected chi connectivity index (χ3v) is 8.43. The highest BCUT2D eigenvalue weighted by Gasteiger charge is 2.27. The number of methoxy groups -OCH3 is 1. The lowest BCUT2D eigenvalue weighted by Gasteiger charge is -2.24. The van der Waals surface area contributed by atoms with E-state index in [1.54, 1.807) is 36.0 Å². The zero-order chi connectivity index (χ0) is 25.4. The summed E-state index contributed by atoms with van der Waals surface area (Å²) < 4.78 is 33.2. The van der Waals surface area contributed by atoms with E-state index in [2.05, 4.69) is 29.6 Å². The van der Waals surface area contributed by atoms with E-state index in [0.717, 1.165) is 22.0 Å². The monoisotopic (exact) mass is 532 g/mol. The standard InChI is InChI=1S/C26H29ClN2O4S2/c1-19-5-10-22(11-6-19)34-16-4-15-28-26(30)18-29(21-9-14-25(33-3)24(27)17-21)35(31,32)23-12-7-20(2)8-13-23/h5-14,17H,4,15-16,18H2,1-3H3,(H,28,30). The molecule has 186 valence electrons. The maximum atomic E-state index is 13.5. The van der Waals surface area contributed by atoms with Gasteiger partial charge in [0, 0.05) is 11.4 Å². The number of sulfonamides is 1. The highest BCUT2D eigenvalue weighted by molar-refractivity contribution is 7.99. The fourth-order valence-corrected chi connectivity index (χ4v) is 5.79. The highest BCUT2D eigenvalue weighted by Crippen LogP contribution is 2.32. The molecule has 0 spiro atoms. The quantitative estimate of drug-likeness (QED) is 0.262. The molecule has 0 saturated carbocycles. The Morgan fingerprint density at radius 3 is 2.23 bits per heavy atom. The largest absolute Gasteiger partial charge is 0.495 e. The van der Waals surface area contributed by atoms with Gasteiger partial charge in [-0.1, -0.05) is 47.0 Å². The number of aryl methyl sites for hydroxylation is 2. The third-order valence-electron chi connectivity index (χ3n) is 5.25. The van der Waals surface area contributed by atoms with Crippen molar-refractivity contribution >= 4 is 45.0 Å². The van der Waals surface area contributed by atoms with Crippen molar-refractivity contribution < 1.29 is 17.9 Å². The summed E-state index contributed by atoms with van der Waals surface area (Å²) in [6.07, 6.45) is 0.753. The smallest absolute Gasteiger partial charge is 0.264 e. The first-order chi connectivity index (χ1) is 16.7. The summed E-state index contributed by atoms with van der Waals surface area (Å²) in [6, 6.07) is 19.4. The number of rotatable bonds is 11. The van der Waals surface area contributed by atoms with E-state index >= 15 is 0 Å². The molecule has 3 rings (SSSR count). The molecular formula is C26H29ClN2O4S2. The number of halogens is 1.